The normalized spacial score (nSPS) is 15.8. The monoisotopic (exact) mass is 362 g/mol. The number of aromatic nitrogens is 2. The molecule has 1 atom stereocenters. The quantitative estimate of drug-likeness (QED) is 0.605. The molecule has 0 spiro atoms. The van der Waals surface area contributed by atoms with E-state index in [4.69, 9.17) is 14.6 Å². The van der Waals surface area contributed by atoms with Crippen LogP contribution in [0.25, 0.3) is 0 Å². The van der Waals surface area contributed by atoms with Gasteiger partial charge >= 0.3 is 0 Å². The van der Waals surface area contributed by atoms with E-state index in [0.29, 0.717) is 13.2 Å². The molecule has 0 fully saturated rings. The number of rotatable bonds is 7. The zero-order valence-electron chi connectivity index (χ0n) is 15.8. The van der Waals surface area contributed by atoms with Crippen molar-refractivity contribution in [3.8, 4) is 11.6 Å². The van der Waals surface area contributed by atoms with E-state index in [2.05, 4.69) is 43.3 Å². The Morgan fingerprint density at radius 3 is 2.78 bits per heavy atom. The molecule has 0 aliphatic carbocycles. The first-order valence-electron chi connectivity index (χ1n) is 9.80. The molecule has 1 unspecified atom stereocenters. The summed E-state index contributed by atoms with van der Waals surface area (Å²) >= 11 is 0. The van der Waals surface area contributed by atoms with E-state index in [1.165, 1.54) is 5.56 Å². The highest BCUT2D eigenvalue weighted by molar-refractivity contribution is 5.35. The molecule has 2 aromatic carbocycles. The highest BCUT2D eigenvalue weighted by atomic mass is 16.5. The smallest absolute Gasteiger partial charge is 0.212 e. The van der Waals surface area contributed by atoms with Gasteiger partial charge in [0.2, 0.25) is 5.88 Å². The Balaban J connectivity index is 1.47. The summed E-state index contributed by atoms with van der Waals surface area (Å²) in [7, 11) is 0. The highest BCUT2D eigenvalue weighted by Gasteiger charge is 2.22. The molecule has 4 rings (SSSR count). The molecule has 0 N–H and O–H groups in total. The molecule has 0 amide bonds. The van der Waals surface area contributed by atoms with Crippen LogP contribution < -0.4 is 9.47 Å². The molecule has 4 heteroatoms. The van der Waals surface area contributed by atoms with Gasteiger partial charge in [0.25, 0.3) is 0 Å². The number of para-hydroxylation sites is 1. The summed E-state index contributed by atoms with van der Waals surface area (Å²) in [4.78, 5) is 0. The van der Waals surface area contributed by atoms with E-state index < -0.39 is 0 Å². The summed E-state index contributed by atoms with van der Waals surface area (Å²) < 4.78 is 14.3. The van der Waals surface area contributed by atoms with Gasteiger partial charge in [-0.1, -0.05) is 61.9 Å². The SMILES string of the molecule is CCCc1cc(OCc2ccccc2)n(CC2CCc3ccccc3O2)n1. The van der Waals surface area contributed by atoms with Crippen LogP contribution in [0.3, 0.4) is 0 Å². The summed E-state index contributed by atoms with van der Waals surface area (Å²) in [6.07, 6.45) is 4.20. The van der Waals surface area contributed by atoms with Gasteiger partial charge in [-0.2, -0.15) is 5.10 Å². The summed E-state index contributed by atoms with van der Waals surface area (Å²) in [5, 5.41) is 4.77. The van der Waals surface area contributed by atoms with Crippen molar-refractivity contribution in [2.24, 2.45) is 0 Å². The van der Waals surface area contributed by atoms with Crippen molar-refractivity contribution in [3.05, 3.63) is 77.5 Å². The fourth-order valence-corrected chi connectivity index (χ4v) is 3.51. The van der Waals surface area contributed by atoms with Crippen molar-refractivity contribution in [1.29, 1.82) is 0 Å². The van der Waals surface area contributed by atoms with Crippen LogP contribution in [-0.2, 0) is 26.0 Å². The number of nitrogens with zero attached hydrogens (tertiary/aromatic N) is 2. The Morgan fingerprint density at radius 1 is 1.11 bits per heavy atom. The van der Waals surface area contributed by atoms with Crippen molar-refractivity contribution in [1.82, 2.24) is 9.78 Å². The summed E-state index contributed by atoms with van der Waals surface area (Å²) in [6.45, 7) is 3.43. The van der Waals surface area contributed by atoms with E-state index in [1.54, 1.807) is 0 Å². The first kappa shape index (κ1) is 17.7. The number of ether oxygens (including phenoxy) is 2. The molecule has 1 aromatic heterocycles. The van der Waals surface area contributed by atoms with Crippen molar-refractivity contribution in [2.75, 3.05) is 0 Å². The molecule has 1 aliphatic rings. The predicted molar refractivity (Wildman–Crippen MR) is 106 cm³/mol. The Morgan fingerprint density at radius 2 is 1.93 bits per heavy atom. The van der Waals surface area contributed by atoms with Gasteiger partial charge in [0.1, 0.15) is 18.5 Å². The van der Waals surface area contributed by atoms with Gasteiger partial charge in [-0.05, 0) is 36.5 Å². The minimum Gasteiger partial charge on any atom is -0.488 e. The lowest BCUT2D eigenvalue weighted by molar-refractivity contribution is 0.141. The molecule has 0 saturated heterocycles. The molecule has 0 saturated carbocycles. The van der Waals surface area contributed by atoms with Crippen LogP contribution in [0.1, 0.15) is 36.6 Å². The fraction of sp³-hybridized carbons (Fsp3) is 0.348. The van der Waals surface area contributed by atoms with Gasteiger partial charge in [-0.15, -0.1) is 0 Å². The lowest BCUT2D eigenvalue weighted by Crippen LogP contribution is -2.28. The molecule has 2 heterocycles. The van der Waals surface area contributed by atoms with E-state index in [9.17, 15) is 0 Å². The zero-order valence-corrected chi connectivity index (χ0v) is 15.8. The lowest BCUT2D eigenvalue weighted by Gasteiger charge is -2.26. The zero-order chi connectivity index (χ0) is 18.5. The molecule has 27 heavy (non-hydrogen) atoms. The third-order valence-corrected chi connectivity index (χ3v) is 4.91. The lowest BCUT2D eigenvalue weighted by atomic mass is 10.0. The molecule has 1 aliphatic heterocycles. The van der Waals surface area contributed by atoms with E-state index >= 15 is 0 Å². The fourth-order valence-electron chi connectivity index (χ4n) is 3.51. The van der Waals surface area contributed by atoms with E-state index in [-0.39, 0.29) is 6.10 Å². The maximum absolute atomic E-state index is 6.21. The van der Waals surface area contributed by atoms with E-state index in [0.717, 1.165) is 48.6 Å². The van der Waals surface area contributed by atoms with Crippen LogP contribution in [-0.4, -0.2) is 15.9 Å². The first-order chi connectivity index (χ1) is 13.3. The largest absolute Gasteiger partial charge is 0.488 e. The number of hydrogen-bond donors (Lipinski definition) is 0. The molecule has 4 nitrogen and oxygen atoms in total. The van der Waals surface area contributed by atoms with Crippen LogP contribution in [0.2, 0.25) is 0 Å². The molecule has 140 valence electrons. The second kappa shape index (κ2) is 8.30. The first-order valence-corrected chi connectivity index (χ1v) is 9.80. The number of fused-ring (bicyclic) bond motifs is 1. The minimum absolute atomic E-state index is 0.119. The Kier molecular flexibility index (Phi) is 5.42. The van der Waals surface area contributed by atoms with Crippen LogP contribution in [0.4, 0.5) is 0 Å². The predicted octanol–water partition coefficient (Wildman–Crippen LogP) is 4.81. The Labute approximate surface area is 160 Å². The van der Waals surface area contributed by atoms with Crippen LogP contribution in [0, 0.1) is 0 Å². The van der Waals surface area contributed by atoms with Crippen molar-refractivity contribution < 1.29 is 9.47 Å². The molecule has 3 aromatic rings. The summed E-state index contributed by atoms with van der Waals surface area (Å²) in [5.74, 6) is 1.83. The second-order valence-corrected chi connectivity index (χ2v) is 7.07. The van der Waals surface area contributed by atoms with Crippen LogP contribution in [0.15, 0.2) is 60.7 Å². The number of aryl methyl sites for hydroxylation is 2. The number of hydrogen-bond acceptors (Lipinski definition) is 3. The van der Waals surface area contributed by atoms with Gasteiger partial charge in [0.15, 0.2) is 0 Å². The maximum atomic E-state index is 6.21. The third-order valence-electron chi connectivity index (χ3n) is 4.91. The van der Waals surface area contributed by atoms with Gasteiger partial charge < -0.3 is 9.47 Å². The average molecular weight is 362 g/mol. The summed E-state index contributed by atoms with van der Waals surface area (Å²) in [6, 6.07) is 20.6. The topological polar surface area (TPSA) is 36.3 Å². The van der Waals surface area contributed by atoms with Gasteiger partial charge in [0, 0.05) is 6.07 Å². The average Bonchev–Trinajstić information content (AvgIpc) is 3.08. The van der Waals surface area contributed by atoms with Crippen LogP contribution in [0.5, 0.6) is 11.6 Å². The Hall–Kier alpha value is -2.75. The van der Waals surface area contributed by atoms with Gasteiger partial charge in [-0.3, -0.25) is 0 Å². The highest BCUT2D eigenvalue weighted by Crippen LogP contribution is 2.28. The molecular formula is C23H26N2O2. The molecule has 0 bridgehead atoms. The van der Waals surface area contributed by atoms with Gasteiger partial charge in [-0.25, -0.2) is 4.68 Å². The molecular weight excluding hydrogens is 336 g/mol. The van der Waals surface area contributed by atoms with Crippen LogP contribution >= 0.6 is 0 Å². The van der Waals surface area contributed by atoms with Gasteiger partial charge in [0.05, 0.1) is 12.2 Å². The maximum Gasteiger partial charge on any atom is 0.212 e. The van der Waals surface area contributed by atoms with E-state index in [1.807, 2.05) is 28.9 Å². The third kappa shape index (κ3) is 4.33. The standard InChI is InChI=1S/C23H26N2O2/c1-2-8-20-15-23(26-17-18-9-4-3-5-10-18)25(24-20)16-21-14-13-19-11-6-7-12-22(19)27-21/h3-7,9-12,15,21H,2,8,13-14,16-17H2,1H3. The number of benzene rings is 2. The summed E-state index contributed by atoms with van der Waals surface area (Å²) in [5.41, 5.74) is 3.53. The van der Waals surface area contributed by atoms with Crippen molar-refractivity contribution in [3.63, 3.8) is 0 Å². The molecule has 0 radical (unpaired) electrons. The second-order valence-electron chi connectivity index (χ2n) is 7.07. The Bertz CT molecular complexity index is 873. The minimum atomic E-state index is 0.119. The van der Waals surface area contributed by atoms with Crippen molar-refractivity contribution in [2.45, 2.75) is 51.9 Å². The van der Waals surface area contributed by atoms with Crippen molar-refractivity contribution >= 4 is 0 Å².